The molecule has 0 spiro atoms. The van der Waals surface area contributed by atoms with Crippen LogP contribution in [0.2, 0.25) is 0 Å². The predicted octanol–water partition coefficient (Wildman–Crippen LogP) is 2.53. The average molecular weight is 334 g/mol. The van der Waals surface area contributed by atoms with E-state index in [1.165, 1.54) is 0 Å². The number of benzene rings is 1. The fraction of sp³-hybridized carbons (Fsp3) is 0.632. The van der Waals surface area contributed by atoms with Crippen LogP contribution in [0, 0.1) is 0 Å². The molecule has 1 aliphatic heterocycles. The van der Waals surface area contributed by atoms with Gasteiger partial charge in [-0.25, -0.2) is 0 Å². The zero-order chi connectivity index (χ0) is 17.7. The van der Waals surface area contributed by atoms with Crippen molar-refractivity contribution in [2.45, 2.75) is 45.3 Å². The summed E-state index contributed by atoms with van der Waals surface area (Å²) in [5.74, 6) is 0.0801. The first kappa shape index (κ1) is 18.7. The second-order valence-electron chi connectivity index (χ2n) is 7.04. The molecular formula is C19H30N2O3. The molecule has 5 heteroatoms. The molecule has 1 fully saturated rings. The van der Waals surface area contributed by atoms with Crippen molar-refractivity contribution in [3.8, 4) is 0 Å². The maximum absolute atomic E-state index is 12.9. The maximum Gasteiger partial charge on any atom is 0.254 e. The summed E-state index contributed by atoms with van der Waals surface area (Å²) in [6, 6.07) is 7.84. The third-order valence-corrected chi connectivity index (χ3v) is 4.70. The fourth-order valence-electron chi connectivity index (χ4n) is 3.34. The number of aliphatic hydroxyl groups excluding tert-OH is 1. The van der Waals surface area contributed by atoms with Gasteiger partial charge in [0.2, 0.25) is 0 Å². The van der Waals surface area contributed by atoms with Gasteiger partial charge in [0.05, 0.1) is 12.2 Å². The number of nitrogens with zero attached hydrogens (tertiary/aromatic N) is 2. The minimum atomic E-state index is -0.173. The van der Waals surface area contributed by atoms with Gasteiger partial charge in [-0.2, -0.15) is 0 Å². The van der Waals surface area contributed by atoms with Crippen LogP contribution in [-0.2, 0) is 4.74 Å². The summed E-state index contributed by atoms with van der Waals surface area (Å²) in [6.45, 7) is 8.29. The summed E-state index contributed by atoms with van der Waals surface area (Å²) in [6.07, 6.45) is 1.75. The van der Waals surface area contributed by atoms with Crippen molar-refractivity contribution in [1.82, 2.24) is 4.90 Å². The van der Waals surface area contributed by atoms with Crippen molar-refractivity contribution >= 4 is 11.6 Å². The Hall–Kier alpha value is -1.59. The van der Waals surface area contributed by atoms with Crippen LogP contribution in [0.3, 0.4) is 0 Å². The Morgan fingerprint density at radius 3 is 2.54 bits per heavy atom. The van der Waals surface area contributed by atoms with Gasteiger partial charge in [-0.05, 0) is 57.9 Å². The first-order valence-electron chi connectivity index (χ1n) is 8.75. The summed E-state index contributed by atoms with van der Waals surface area (Å²) < 4.78 is 5.78. The van der Waals surface area contributed by atoms with E-state index in [1.54, 1.807) is 0 Å². The molecule has 0 aromatic heterocycles. The Bertz CT molecular complexity index is 542. The van der Waals surface area contributed by atoms with E-state index < -0.39 is 0 Å². The van der Waals surface area contributed by atoms with Crippen LogP contribution in [0.15, 0.2) is 24.3 Å². The molecular weight excluding hydrogens is 304 g/mol. The summed E-state index contributed by atoms with van der Waals surface area (Å²) >= 11 is 0. The molecule has 0 bridgehead atoms. The topological polar surface area (TPSA) is 53.0 Å². The number of aliphatic hydroxyl groups is 1. The van der Waals surface area contributed by atoms with E-state index in [9.17, 15) is 4.79 Å². The average Bonchev–Trinajstić information content (AvgIpc) is 2.55. The first-order valence-corrected chi connectivity index (χ1v) is 8.75. The number of likely N-dealkylation sites (N-methyl/N-ethyl adjacent to an activating group) is 1. The van der Waals surface area contributed by atoms with Gasteiger partial charge < -0.3 is 19.6 Å². The second-order valence-corrected chi connectivity index (χ2v) is 7.04. The number of hydrogen-bond acceptors (Lipinski definition) is 4. The van der Waals surface area contributed by atoms with Crippen molar-refractivity contribution in [3.05, 3.63) is 29.8 Å². The van der Waals surface area contributed by atoms with Crippen LogP contribution in [0.4, 0.5) is 5.69 Å². The number of amides is 1. The highest BCUT2D eigenvalue weighted by Gasteiger charge is 2.33. The van der Waals surface area contributed by atoms with Gasteiger partial charge in [-0.1, -0.05) is 0 Å². The van der Waals surface area contributed by atoms with Gasteiger partial charge in [0.15, 0.2) is 0 Å². The number of anilines is 1. The molecule has 2 rings (SSSR count). The zero-order valence-corrected chi connectivity index (χ0v) is 15.3. The van der Waals surface area contributed by atoms with Crippen molar-refractivity contribution in [1.29, 1.82) is 0 Å². The molecule has 0 saturated carbocycles. The fourth-order valence-corrected chi connectivity index (χ4v) is 3.34. The molecule has 1 saturated heterocycles. The zero-order valence-electron chi connectivity index (χ0n) is 15.3. The van der Waals surface area contributed by atoms with Crippen molar-refractivity contribution in [3.63, 3.8) is 0 Å². The SMILES string of the molecule is CCN(C(=O)c1ccc(N(C)CCO)cc1)[C@H]1CCOC(C)(C)C1. The number of ether oxygens (including phenoxy) is 1. The van der Waals surface area contributed by atoms with Gasteiger partial charge in [0.25, 0.3) is 5.91 Å². The predicted molar refractivity (Wildman–Crippen MR) is 96.6 cm³/mol. The Kier molecular flexibility index (Phi) is 6.24. The molecule has 1 atom stereocenters. The van der Waals surface area contributed by atoms with E-state index in [0.717, 1.165) is 18.5 Å². The second kappa shape index (κ2) is 7.99. The Morgan fingerprint density at radius 2 is 2.00 bits per heavy atom. The van der Waals surface area contributed by atoms with E-state index in [0.29, 0.717) is 25.3 Å². The van der Waals surface area contributed by atoms with Crippen LogP contribution in [0.25, 0.3) is 0 Å². The minimum Gasteiger partial charge on any atom is -0.395 e. The van der Waals surface area contributed by atoms with E-state index in [2.05, 4.69) is 13.8 Å². The Labute approximate surface area is 145 Å². The summed E-state index contributed by atoms with van der Waals surface area (Å²) in [5, 5.41) is 9.02. The third kappa shape index (κ3) is 4.48. The molecule has 1 amide bonds. The van der Waals surface area contributed by atoms with Gasteiger partial charge in [-0.15, -0.1) is 0 Å². The molecule has 1 N–H and O–H groups in total. The summed E-state index contributed by atoms with van der Waals surface area (Å²) in [4.78, 5) is 16.9. The highest BCUT2D eigenvalue weighted by Crippen LogP contribution is 2.28. The van der Waals surface area contributed by atoms with Crippen molar-refractivity contribution < 1.29 is 14.6 Å². The third-order valence-electron chi connectivity index (χ3n) is 4.70. The van der Waals surface area contributed by atoms with Gasteiger partial charge >= 0.3 is 0 Å². The van der Waals surface area contributed by atoms with Gasteiger partial charge in [0.1, 0.15) is 0 Å². The van der Waals surface area contributed by atoms with E-state index in [4.69, 9.17) is 9.84 Å². The van der Waals surface area contributed by atoms with Crippen LogP contribution in [-0.4, -0.2) is 60.9 Å². The lowest BCUT2D eigenvalue weighted by atomic mass is 9.92. The van der Waals surface area contributed by atoms with Crippen LogP contribution in [0.1, 0.15) is 44.0 Å². The first-order chi connectivity index (χ1) is 11.4. The van der Waals surface area contributed by atoms with Crippen LogP contribution < -0.4 is 4.90 Å². The lowest BCUT2D eigenvalue weighted by Crippen LogP contribution is -2.48. The van der Waals surface area contributed by atoms with Crippen LogP contribution in [0.5, 0.6) is 0 Å². The maximum atomic E-state index is 12.9. The highest BCUT2D eigenvalue weighted by atomic mass is 16.5. The standard InChI is InChI=1S/C19H30N2O3/c1-5-21(17-10-13-24-19(2,3)14-17)18(23)15-6-8-16(9-7-15)20(4)11-12-22/h6-9,17,22H,5,10-14H2,1-4H3/t17-/m0/s1. The van der Waals surface area contributed by atoms with Gasteiger partial charge in [-0.3, -0.25) is 4.79 Å². The van der Waals surface area contributed by atoms with E-state index in [-0.39, 0.29) is 24.2 Å². The molecule has 134 valence electrons. The lowest BCUT2D eigenvalue weighted by molar-refractivity contribution is -0.0777. The highest BCUT2D eigenvalue weighted by molar-refractivity contribution is 5.94. The number of hydrogen-bond donors (Lipinski definition) is 1. The largest absolute Gasteiger partial charge is 0.395 e. The van der Waals surface area contributed by atoms with Gasteiger partial charge in [0, 0.05) is 44.0 Å². The monoisotopic (exact) mass is 334 g/mol. The number of carbonyl (C=O) groups excluding carboxylic acids is 1. The molecule has 1 aliphatic rings. The Morgan fingerprint density at radius 1 is 1.33 bits per heavy atom. The van der Waals surface area contributed by atoms with E-state index >= 15 is 0 Å². The summed E-state index contributed by atoms with van der Waals surface area (Å²) in [7, 11) is 1.93. The normalized spacial score (nSPS) is 19.8. The molecule has 0 radical (unpaired) electrons. The molecule has 1 heterocycles. The molecule has 1 aromatic carbocycles. The molecule has 0 aliphatic carbocycles. The van der Waals surface area contributed by atoms with Crippen LogP contribution >= 0.6 is 0 Å². The molecule has 24 heavy (non-hydrogen) atoms. The van der Waals surface area contributed by atoms with Crippen molar-refractivity contribution in [2.24, 2.45) is 0 Å². The minimum absolute atomic E-state index is 0.0801. The van der Waals surface area contributed by atoms with E-state index in [1.807, 2.05) is 48.0 Å². The number of rotatable bonds is 6. The quantitative estimate of drug-likeness (QED) is 0.869. The molecule has 0 unspecified atom stereocenters. The molecule has 5 nitrogen and oxygen atoms in total. The smallest absolute Gasteiger partial charge is 0.254 e. The number of carbonyl (C=O) groups is 1. The summed E-state index contributed by atoms with van der Waals surface area (Å²) in [5.41, 5.74) is 1.53. The lowest BCUT2D eigenvalue weighted by Gasteiger charge is -2.41. The van der Waals surface area contributed by atoms with Crippen molar-refractivity contribution in [2.75, 3.05) is 38.3 Å². The Balaban J connectivity index is 2.10. The molecule has 1 aromatic rings.